The summed E-state index contributed by atoms with van der Waals surface area (Å²) in [7, 11) is 0. The Labute approximate surface area is 117 Å². The molecular weight excluding hydrogens is 320 g/mol. The van der Waals surface area contributed by atoms with E-state index >= 15 is 0 Å². The van der Waals surface area contributed by atoms with Crippen LogP contribution in [0.25, 0.3) is 0 Å². The van der Waals surface area contributed by atoms with Crippen molar-refractivity contribution in [3.05, 3.63) is 57.5 Å². The van der Waals surface area contributed by atoms with Gasteiger partial charge in [0.1, 0.15) is 11.8 Å². The van der Waals surface area contributed by atoms with E-state index in [-0.39, 0.29) is 17.5 Å². The highest BCUT2D eigenvalue weighted by Gasteiger charge is 2.09. The molecule has 0 aliphatic carbocycles. The van der Waals surface area contributed by atoms with Crippen LogP contribution >= 0.6 is 27.5 Å². The minimum Gasteiger partial charge on any atom is -0.456 e. The van der Waals surface area contributed by atoms with E-state index in [4.69, 9.17) is 16.3 Å². The molecule has 6 heteroatoms. The molecule has 2 aromatic rings. The van der Waals surface area contributed by atoms with E-state index in [1.54, 1.807) is 0 Å². The molecule has 0 amide bonds. The van der Waals surface area contributed by atoms with Crippen molar-refractivity contribution in [2.45, 2.75) is 6.61 Å². The van der Waals surface area contributed by atoms with Crippen LogP contribution in [-0.2, 0) is 11.3 Å². The standard InChI is InChI=1S/C12H8BrClN2O2/c13-9-3-1-2-8(4-9)7-18-12(17)10-5-16-11(14)6-15-10/h1-6H,7H2. The van der Waals surface area contributed by atoms with E-state index in [2.05, 4.69) is 25.9 Å². The highest BCUT2D eigenvalue weighted by Crippen LogP contribution is 2.13. The number of carbonyl (C=O) groups is 1. The molecule has 1 aromatic heterocycles. The van der Waals surface area contributed by atoms with Gasteiger partial charge in [0.15, 0.2) is 5.69 Å². The number of esters is 1. The number of halogens is 2. The minimum atomic E-state index is -0.529. The molecule has 0 spiro atoms. The number of hydrogen-bond acceptors (Lipinski definition) is 4. The third kappa shape index (κ3) is 3.51. The Morgan fingerprint density at radius 1 is 1.33 bits per heavy atom. The lowest BCUT2D eigenvalue weighted by atomic mass is 10.2. The van der Waals surface area contributed by atoms with Crippen LogP contribution in [0.5, 0.6) is 0 Å². The molecule has 1 aromatic carbocycles. The molecule has 0 radical (unpaired) electrons. The van der Waals surface area contributed by atoms with E-state index in [0.717, 1.165) is 10.0 Å². The van der Waals surface area contributed by atoms with E-state index in [1.165, 1.54) is 12.4 Å². The highest BCUT2D eigenvalue weighted by atomic mass is 79.9. The zero-order valence-corrected chi connectivity index (χ0v) is 11.5. The van der Waals surface area contributed by atoms with Gasteiger partial charge in [0.05, 0.1) is 12.4 Å². The van der Waals surface area contributed by atoms with Gasteiger partial charge in [-0.25, -0.2) is 14.8 Å². The molecule has 2 rings (SSSR count). The first-order valence-corrected chi connectivity index (χ1v) is 6.21. The number of rotatable bonds is 3. The van der Waals surface area contributed by atoms with Gasteiger partial charge in [0, 0.05) is 4.47 Å². The van der Waals surface area contributed by atoms with Gasteiger partial charge < -0.3 is 4.74 Å². The van der Waals surface area contributed by atoms with Crippen molar-refractivity contribution in [1.29, 1.82) is 0 Å². The van der Waals surface area contributed by atoms with Gasteiger partial charge in [0.2, 0.25) is 0 Å². The molecule has 0 saturated carbocycles. The Kier molecular flexibility index (Phi) is 4.28. The van der Waals surface area contributed by atoms with E-state index in [1.807, 2.05) is 24.3 Å². The van der Waals surface area contributed by atoms with Gasteiger partial charge in [-0.15, -0.1) is 0 Å². The van der Waals surface area contributed by atoms with Crippen LogP contribution in [0.3, 0.4) is 0 Å². The fraction of sp³-hybridized carbons (Fsp3) is 0.0833. The van der Waals surface area contributed by atoms with Gasteiger partial charge in [-0.1, -0.05) is 39.7 Å². The second-order valence-corrected chi connectivity index (χ2v) is 4.73. The maximum atomic E-state index is 11.6. The van der Waals surface area contributed by atoms with Crippen molar-refractivity contribution in [2.24, 2.45) is 0 Å². The number of benzene rings is 1. The molecule has 0 saturated heterocycles. The van der Waals surface area contributed by atoms with Gasteiger partial charge >= 0.3 is 5.97 Å². The second-order valence-electron chi connectivity index (χ2n) is 3.43. The number of carbonyl (C=O) groups excluding carboxylic acids is 1. The number of hydrogen-bond donors (Lipinski definition) is 0. The molecule has 0 aliphatic heterocycles. The summed E-state index contributed by atoms with van der Waals surface area (Å²) in [5.74, 6) is -0.529. The number of aromatic nitrogens is 2. The van der Waals surface area contributed by atoms with Gasteiger partial charge in [-0.3, -0.25) is 0 Å². The predicted molar refractivity (Wildman–Crippen MR) is 70.3 cm³/mol. The Bertz CT molecular complexity index is 560. The summed E-state index contributed by atoms with van der Waals surface area (Å²) in [5.41, 5.74) is 1.02. The van der Waals surface area contributed by atoms with E-state index in [0.29, 0.717) is 0 Å². The molecule has 18 heavy (non-hydrogen) atoms. The molecular formula is C12H8BrClN2O2. The first-order valence-electron chi connectivity index (χ1n) is 5.04. The quantitative estimate of drug-likeness (QED) is 0.812. The summed E-state index contributed by atoms with van der Waals surface area (Å²) in [6, 6.07) is 7.51. The number of ether oxygens (including phenoxy) is 1. The normalized spacial score (nSPS) is 10.1. The van der Waals surface area contributed by atoms with Crippen molar-refractivity contribution in [3.8, 4) is 0 Å². The maximum Gasteiger partial charge on any atom is 0.358 e. The third-order valence-corrected chi connectivity index (χ3v) is 2.78. The average molecular weight is 328 g/mol. The van der Waals surface area contributed by atoms with Crippen LogP contribution < -0.4 is 0 Å². The fourth-order valence-electron chi connectivity index (χ4n) is 1.27. The predicted octanol–water partition coefficient (Wildman–Crippen LogP) is 3.25. The molecule has 92 valence electrons. The lowest BCUT2D eigenvalue weighted by molar-refractivity contribution is 0.0465. The molecule has 0 unspecified atom stereocenters. The molecule has 1 heterocycles. The molecule has 0 bridgehead atoms. The zero-order valence-electron chi connectivity index (χ0n) is 9.14. The van der Waals surface area contributed by atoms with Crippen molar-refractivity contribution >= 4 is 33.5 Å². The SMILES string of the molecule is O=C(OCc1cccc(Br)c1)c1cnc(Cl)cn1. The summed E-state index contributed by atoms with van der Waals surface area (Å²) in [5, 5.41) is 0.235. The van der Waals surface area contributed by atoms with Crippen LogP contribution in [0, 0.1) is 0 Å². The molecule has 0 N–H and O–H groups in total. The summed E-state index contributed by atoms with van der Waals surface area (Å²) in [4.78, 5) is 19.2. The van der Waals surface area contributed by atoms with Crippen LogP contribution in [0.4, 0.5) is 0 Å². The minimum absolute atomic E-state index is 0.134. The highest BCUT2D eigenvalue weighted by molar-refractivity contribution is 9.10. The summed E-state index contributed by atoms with van der Waals surface area (Å²) in [6.07, 6.45) is 2.59. The lowest BCUT2D eigenvalue weighted by Crippen LogP contribution is -2.07. The Hall–Kier alpha value is -1.46. The van der Waals surface area contributed by atoms with Gasteiger partial charge in [0.25, 0.3) is 0 Å². The molecule has 0 aliphatic rings. The van der Waals surface area contributed by atoms with Crippen molar-refractivity contribution in [1.82, 2.24) is 9.97 Å². The molecule has 4 nitrogen and oxygen atoms in total. The van der Waals surface area contributed by atoms with Gasteiger partial charge in [-0.05, 0) is 17.7 Å². The fourth-order valence-corrected chi connectivity index (χ4v) is 1.81. The number of nitrogens with zero attached hydrogens (tertiary/aromatic N) is 2. The largest absolute Gasteiger partial charge is 0.456 e. The smallest absolute Gasteiger partial charge is 0.358 e. The summed E-state index contributed by atoms with van der Waals surface area (Å²) in [6.45, 7) is 0.183. The van der Waals surface area contributed by atoms with Gasteiger partial charge in [-0.2, -0.15) is 0 Å². The second kappa shape index (κ2) is 5.93. The topological polar surface area (TPSA) is 52.1 Å². The van der Waals surface area contributed by atoms with Crippen LogP contribution in [0.1, 0.15) is 16.1 Å². The maximum absolute atomic E-state index is 11.6. The Morgan fingerprint density at radius 2 is 2.17 bits per heavy atom. The first kappa shape index (κ1) is 13.0. The van der Waals surface area contributed by atoms with Crippen molar-refractivity contribution < 1.29 is 9.53 Å². The van der Waals surface area contributed by atoms with E-state index < -0.39 is 5.97 Å². The van der Waals surface area contributed by atoms with Crippen LogP contribution in [0.2, 0.25) is 5.15 Å². The van der Waals surface area contributed by atoms with Crippen molar-refractivity contribution in [2.75, 3.05) is 0 Å². The zero-order chi connectivity index (χ0) is 13.0. The average Bonchev–Trinajstić information content (AvgIpc) is 2.37. The first-order chi connectivity index (χ1) is 8.65. The lowest BCUT2D eigenvalue weighted by Gasteiger charge is -2.04. The van der Waals surface area contributed by atoms with E-state index in [9.17, 15) is 4.79 Å². The van der Waals surface area contributed by atoms with Crippen molar-refractivity contribution in [3.63, 3.8) is 0 Å². The van der Waals surface area contributed by atoms with Crippen LogP contribution in [-0.4, -0.2) is 15.9 Å². The monoisotopic (exact) mass is 326 g/mol. The molecule has 0 atom stereocenters. The third-order valence-electron chi connectivity index (χ3n) is 2.09. The molecule has 0 fully saturated rings. The summed E-state index contributed by atoms with van der Waals surface area (Å²) >= 11 is 8.92. The Morgan fingerprint density at radius 3 is 2.83 bits per heavy atom. The van der Waals surface area contributed by atoms with Crippen LogP contribution in [0.15, 0.2) is 41.1 Å². The Balaban J connectivity index is 1.98. The summed E-state index contributed by atoms with van der Waals surface area (Å²) < 4.78 is 6.04.